The Morgan fingerprint density at radius 3 is 2.43 bits per heavy atom. The van der Waals surface area contributed by atoms with Gasteiger partial charge in [-0.25, -0.2) is 0 Å². The van der Waals surface area contributed by atoms with E-state index >= 15 is 0 Å². The van der Waals surface area contributed by atoms with Gasteiger partial charge in [0.15, 0.2) is 0 Å². The molecule has 1 aliphatic rings. The molecule has 80 valence electrons. The summed E-state index contributed by atoms with van der Waals surface area (Å²) in [7, 11) is 3.60. The Labute approximate surface area is 85.7 Å². The maximum absolute atomic E-state index is 11.3. The molecule has 0 unspecified atom stereocenters. The summed E-state index contributed by atoms with van der Waals surface area (Å²) in [4.78, 5) is 13.1. The molecule has 0 saturated heterocycles. The van der Waals surface area contributed by atoms with E-state index in [1.54, 1.807) is 12.0 Å². The Morgan fingerprint density at radius 1 is 1.43 bits per heavy atom. The molecule has 1 rings (SSSR count). The fraction of sp³-hybridized carbons (Fsp3) is 0.727. The van der Waals surface area contributed by atoms with Gasteiger partial charge >= 0.3 is 0 Å². The molecule has 0 atom stereocenters. The minimum absolute atomic E-state index is 0.0193. The van der Waals surface area contributed by atoms with Gasteiger partial charge in [0.1, 0.15) is 0 Å². The Kier molecular flexibility index (Phi) is 4.14. The molecule has 0 radical (unpaired) electrons. The standard InChI is InChI=1S/C11H19NO2/c1-4-11(13)12(2)9-5-7-10(14-3)8-6-9/h4,9-10H,1,5-8H2,2-3H3. The summed E-state index contributed by atoms with van der Waals surface area (Å²) in [6, 6.07) is 0.367. The van der Waals surface area contributed by atoms with Gasteiger partial charge in [0.2, 0.25) is 5.91 Å². The summed E-state index contributed by atoms with van der Waals surface area (Å²) in [5.74, 6) is 0.0193. The Morgan fingerprint density at radius 2 is 2.00 bits per heavy atom. The van der Waals surface area contributed by atoms with Crippen molar-refractivity contribution in [2.24, 2.45) is 0 Å². The third kappa shape index (κ3) is 2.58. The predicted octanol–water partition coefficient (Wildman–Crippen LogP) is 1.59. The first-order valence-corrected chi connectivity index (χ1v) is 5.11. The number of carbonyl (C=O) groups excluding carboxylic acids is 1. The number of likely N-dealkylation sites (N-methyl/N-ethyl adjacent to an activating group) is 1. The number of ether oxygens (including phenoxy) is 1. The zero-order valence-corrected chi connectivity index (χ0v) is 9.03. The first kappa shape index (κ1) is 11.2. The third-order valence-electron chi connectivity index (χ3n) is 3.05. The number of amides is 1. The van der Waals surface area contributed by atoms with E-state index in [2.05, 4.69) is 6.58 Å². The molecule has 14 heavy (non-hydrogen) atoms. The van der Waals surface area contributed by atoms with Crippen LogP contribution in [0.15, 0.2) is 12.7 Å². The predicted molar refractivity (Wildman–Crippen MR) is 56.0 cm³/mol. The zero-order chi connectivity index (χ0) is 10.6. The van der Waals surface area contributed by atoms with Crippen molar-refractivity contribution in [2.45, 2.75) is 37.8 Å². The van der Waals surface area contributed by atoms with Gasteiger partial charge in [-0.2, -0.15) is 0 Å². The monoisotopic (exact) mass is 197 g/mol. The molecule has 0 heterocycles. The summed E-state index contributed by atoms with van der Waals surface area (Å²) in [5, 5.41) is 0. The maximum atomic E-state index is 11.3. The highest BCUT2D eigenvalue weighted by molar-refractivity contribution is 5.87. The zero-order valence-electron chi connectivity index (χ0n) is 9.03. The summed E-state index contributed by atoms with van der Waals surface area (Å²) in [6.45, 7) is 3.49. The fourth-order valence-corrected chi connectivity index (χ4v) is 1.99. The van der Waals surface area contributed by atoms with E-state index in [9.17, 15) is 4.79 Å². The average Bonchev–Trinajstić information content (AvgIpc) is 2.27. The van der Waals surface area contributed by atoms with E-state index in [4.69, 9.17) is 4.74 Å². The van der Waals surface area contributed by atoms with E-state index in [1.807, 2.05) is 7.05 Å². The van der Waals surface area contributed by atoms with Crippen molar-refractivity contribution < 1.29 is 9.53 Å². The highest BCUT2D eigenvalue weighted by Crippen LogP contribution is 2.23. The quantitative estimate of drug-likeness (QED) is 0.643. The number of rotatable bonds is 3. The molecular weight excluding hydrogens is 178 g/mol. The number of hydrogen-bond acceptors (Lipinski definition) is 2. The van der Waals surface area contributed by atoms with E-state index in [-0.39, 0.29) is 5.91 Å². The van der Waals surface area contributed by atoms with Crippen LogP contribution in [0.5, 0.6) is 0 Å². The van der Waals surface area contributed by atoms with Crippen molar-refractivity contribution in [2.75, 3.05) is 14.2 Å². The van der Waals surface area contributed by atoms with Crippen molar-refractivity contribution in [1.82, 2.24) is 4.90 Å². The summed E-state index contributed by atoms with van der Waals surface area (Å²) in [5.41, 5.74) is 0. The normalized spacial score (nSPS) is 27.0. The van der Waals surface area contributed by atoms with Crippen molar-refractivity contribution in [3.05, 3.63) is 12.7 Å². The first-order chi connectivity index (χ1) is 6.69. The number of hydrogen-bond donors (Lipinski definition) is 0. The molecule has 1 amide bonds. The van der Waals surface area contributed by atoms with Gasteiger partial charge in [0.25, 0.3) is 0 Å². The van der Waals surface area contributed by atoms with Crippen molar-refractivity contribution in [1.29, 1.82) is 0 Å². The minimum atomic E-state index is 0.0193. The summed E-state index contributed by atoms with van der Waals surface area (Å²) in [6.07, 6.45) is 5.94. The SMILES string of the molecule is C=CC(=O)N(C)C1CCC(OC)CC1. The molecule has 0 bridgehead atoms. The molecule has 1 aliphatic carbocycles. The van der Waals surface area contributed by atoms with Crippen LogP contribution in [0.1, 0.15) is 25.7 Å². The molecule has 1 fully saturated rings. The molecule has 0 aromatic carbocycles. The van der Waals surface area contributed by atoms with Gasteiger partial charge in [0.05, 0.1) is 6.10 Å². The number of methoxy groups -OCH3 is 1. The third-order valence-corrected chi connectivity index (χ3v) is 3.05. The van der Waals surface area contributed by atoms with Crippen LogP contribution in [0, 0.1) is 0 Å². The molecular formula is C11H19NO2. The fourth-order valence-electron chi connectivity index (χ4n) is 1.99. The summed E-state index contributed by atoms with van der Waals surface area (Å²) < 4.78 is 5.28. The Balaban J connectivity index is 2.41. The van der Waals surface area contributed by atoms with Crippen LogP contribution in [-0.4, -0.2) is 37.1 Å². The first-order valence-electron chi connectivity index (χ1n) is 5.11. The second kappa shape index (κ2) is 5.15. The van der Waals surface area contributed by atoms with Gasteiger partial charge in [-0.05, 0) is 31.8 Å². The Bertz CT molecular complexity index is 207. The lowest BCUT2D eigenvalue weighted by atomic mass is 9.92. The Hall–Kier alpha value is -0.830. The van der Waals surface area contributed by atoms with Crippen LogP contribution >= 0.6 is 0 Å². The van der Waals surface area contributed by atoms with Crippen LogP contribution in [0.4, 0.5) is 0 Å². The maximum Gasteiger partial charge on any atom is 0.245 e. The van der Waals surface area contributed by atoms with Crippen molar-refractivity contribution in [3.8, 4) is 0 Å². The van der Waals surface area contributed by atoms with Crippen LogP contribution in [-0.2, 0) is 9.53 Å². The van der Waals surface area contributed by atoms with Crippen molar-refractivity contribution >= 4 is 5.91 Å². The van der Waals surface area contributed by atoms with E-state index < -0.39 is 0 Å². The van der Waals surface area contributed by atoms with E-state index in [0.29, 0.717) is 12.1 Å². The molecule has 0 aliphatic heterocycles. The van der Waals surface area contributed by atoms with Crippen LogP contribution in [0.2, 0.25) is 0 Å². The molecule has 3 heteroatoms. The van der Waals surface area contributed by atoms with Gasteiger partial charge in [0, 0.05) is 20.2 Å². The van der Waals surface area contributed by atoms with Gasteiger partial charge < -0.3 is 9.64 Å². The lowest BCUT2D eigenvalue weighted by molar-refractivity contribution is -0.127. The van der Waals surface area contributed by atoms with Crippen LogP contribution in [0.3, 0.4) is 0 Å². The largest absolute Gasteiger partial charge is 0.381 e. The van der Waals surface area contributed by atoms with Crippen molar-refractivity contribution in [3.63, 3.8) is 0 Å². The molecule has 0 aromatic rings. The smallest absolute Gasteiger partial charge is 0.245 e. The van der Waals surface area contributed by atoms with E-state index in [1.165, 1.54) is 6.08 Å². The van der Waals surface area contributed by atoms with Crippen LogP contribution in [0.25, 0.3) is 0 Å². The average molecular weight is 197 g/mol. The second-order valence-corrected chi connectivity index (χ2v) is 3.82. The number of nitrogens with zero attached hydrogens (tertiary/aromatic N) is 1. The lowest BCUT2D eigenvalue weighted by Gasteiger charge is -2.33. The summed E-state index contributed by atoms with van der Waals surface area (Å²) >= 11 is 0. The molecule has 0 aromatic heterocycles. The second-order valence-electron chi connectivity index (χ2n) is 3.82. The topological polar surface area (TPSA) is 29.5 Å². The minimum Gasteiger partial charge on any atom is -0.381 e. The highest BCUT2D eigenvalue weighted by atomic mass is 16.5. The molecule has 0 N–H and O–H groups in total. The number of carbonyl (C=O) groups is 1. The van der Waals surface area contributed by atoms with Gasteiger partial charge in [-0.3, -0.25) is 4.79 Å². The van der Waals surface area contributed by atoms with E-state index in [0.717, 1.165) is 25.7 Å². The van der Waals surface area contributed by atoms with Crippen LogP contribution < -0.4 is 0 Å². The molecule has 0 spiro atoms. The van der Waals surface area contributed by atoms with Gasteiger partial charge in [-0.1, -0.05) is 6.58 Å². The molecule has 3 nitrogen and oxygen atoms in total. The molecule has 1 saturated carbocycles. The van der Waals surface area contributed by atoms with Gasteiger partial charge in [-0.15, -0.1) is 0 Å². The lowest BCUT2D eigenvalue weighted by Crippen LogP contribution is -2.39. The highest BCUT2D eigenvalue weighted by Gasteiger charge is 2.25.